The Bertz CT molecular complexity index is 503. The van der Waals surface area contributed by atoms with Gasteiger partial charge in [0.1, 0.15) is 5.75 Å². The summed E-state index contributed by atoms with van der Waals surface area (Å²) >= 11 is 0. The molecule has 1 aliphatic rings. The molecule has 0 amide bonds. The largest absolute Gasteiger partial charge is 0.496 e. The number of allylic oxidation sites excluding steroid dienone is 2. The zero-order valence-corrected chi connectivity index (χ0v) is 12.3. The zero-order chi connectivity index (χ0) is 14.4. The van der Waals surface area contributed by atoms with E-state index in [1.54, 1.807) is 7.11 Å². The molecule has 108 valence electrons. The first-order chi connectivity index (χ1) is 9.76. The molecule has 0 saturated heterocycles. The molecule has 0 aromatic heterocycles. The van der Waals surface area contributed by atoms with Crippen LogP contribution in [0.2, 0.25) is 0 Å². The first-order valence-electron chi connectivity index (χ1n) is 7.18. The molecule has 3 heteroatoms. The third kappa shape index (κ3) is 3.41. The highest BCUT2D eigenvalue weighted by Gasteiger charge is 2.17. The van der Waals surface area contributed by atoms with E-state index in [1.165, 1.54) is 23.8 Å². The third-order valence-corrected chi connectivity index (χ3v) is 3.78. The van der Waals surface area contributed by atoms with Crippen LogP contribution < -0.4 is 4.74 Å². The Kier molecular flexibility index (Phi) is 5.22. The molecule has 0 radical (unpaired) electrons. The number of hydrogen-bond donors (Lipinski definition) is 0. The van der Waals surface area contributed by atoms with Gasteiger partial charge in [0.2, 0.25) is 0 Å². The molecule has 20 heavy (non-hydrogen) atoms. The summed E-state index contributed by atoms with van der Waals surface area (Å²) in [6.07, 6.45) is 7.87. The van der Waals surface area contributed by atoms with Gasteiger partial charge in [-0.3, -0.25) is 4.79 Å². The minimum Gasteiger partial charge on any atom is -0.496 e. The van der Waals surface area contributed by atoms with Gasteiger partial charge in [-0.05, 0) is 49.3 Å². The Balaban J connectivity index is 2.06. The monoisotopic (exact) mass is 274 g/mol. The van der Waals surface area contributed by atoms with Crippen LogP contribution in [0.15, 0.2) is 24.3 Å². The molecule has 1 aromatic rings. The van der Waals surface area contributed by atoms with E-state index in [4.69, 9.17) is 4.74 Å². The molecule has 0 heterocycles. The fourth-order valence-electron chi connectivity index (χ4n) is 2.74. The van der Waals surface area contributed by atoms with Crippen LogP contribution in [0.3, 0.4) is 0 Å². The maximum Gasteiger partial charge on any atom is 0.305 e. The van der Waals surface area contributed by atoms with Gasteiger partial charge in [-0.25, -0.2) is 0 Å². The van der Waals surface area contributed by atoms with Gasteiger partial charge in [-0.2, -0.15) is 0 Å². The molecule has 0 saturated carbocycles. The van der Waals surface area contributed by atoms with E-state index in [-0.39, 0.29) is 5.97 Å². The van der Waals surface area contributed by atoms with Crippen molar-refractivity contribution in [2.24, 2.45) is 0 Å². The summed E-state index contributed by atoms with van der Waals surface area (Å²) in [5.41, 5.74) is 4.02. The van der Waals surface area contributed by atoms with Gasteiger partial charge >= 0.3 is 5.97 Å². The summed E-state index contributed by atoms with van der Waals surface area (Å²) in [7, 11) is 3.16. The minimum atomic E-state index is -0.130. The van der Waals surface area contributed by atoms with Crippen LogP contribution in [-0.4, -0.2) is 20.2 Å². The predicted octanol–water partition coefficient (Wildman–Crippen LogP) is 3.76. The van der Waals surface area contributed by atoms with Crippen molar-refractivity contribution in [3.05, 3.63) is 35.4 Å². The number of methoxy groups -OCH3 is 2. The van der Waals surface area contributed by atoms with Crippen molar-refractivity contribution in [2.75, 3.05) is 14.2 Å². The van der Waals surface area contributed by atoms with Crippen LogP contribution in [0.25, 0.3) is 5.57 Å². The van der Waals surface area contributed by atoms with E-state index in [2.05, 4.69) is 16.9 Å². The first kappa shape index (κ1) is 14.6. The SMILES string of the molecule is COC(=O)CCC/C=C1\CCCc2c(OC)cccc21. The van der Waals surface area contributed by atoms with Crippen LogP contribution in [-0.2, 0) is 16.0 Å². The molecule has 2 rings (SSSR count). The van der Waals surface area contributed by atoms with Crippen molar-refractivity contribution in [3.8, 4) is 5.75 Å². The second-order valence-corrected chi connectivity index (χ2v) is 5.04. The summed E-state index contributed by atoms with van der Waals surface area (Å²) in [5, 5.41) is 0. The highest BCUT2D eigenvalue weighted by Crippen LogP contribution is 2.36. The zero-order valence-electron chi connectivity index (χ0n) is 12.3. The second kappa shape index (κ2) is 7.13. The van der Waals surface area contributed by atoms with Gasteiger partial charge in [-0.15, -0.1) is 0 Å². The van der Waals surface area contributed by atoms with E-state index < -0.39 is 0 Å². The Morgan fingerprint density at radius 3 is 2.90 bits per heavy atom. The lowest BCUT2D eigenvalue weighted by atomic mass is 9.86. The maximum absolute atomic E-state index is 11.1. The minimum absolute atomic E-state index is 0.130. The molecular formula is C17H22O3. The molecular weight excluding hydrogens is 252 g/mol. The number of unbranched alkanes of at least 4 members (excludes halogenated alkanes) is 1. The summed E-state index contributed by atoms with van der Waals surface area (Å²) < 4.78 is 10.1. The van der Waals surface area contributed by atoms with Crippen molar-refractivity contribution in [3.63, 3.8) is 0 Å². The normalized spacial score (nSPS) is 15.8. The van der Waals surface area contributed by atoms with Crippen molar-refractivity contribution in [1.82, 2.24) is 0 Å². The van der Waals surface area contributed by atoms with Gasteiger partial charge in [0.05, 0.1) is 14.2 Å². The molecule has 0 N–H and O–H groups in total. The van der Waals surface area contributed by atoms with Crippen molar-refractivity contribution in [2.45, 2.75) is 38.5 Å². The molecule has 0 spiro atoms. The number of carbonyl (C=O) groups is 1. The highest BCUT2D eigenvalue weighted by molar-refractivity contribution is 5.72. The number of esters is 1. The lowest BCUT2D eigenvalue weighted by Gasteiger charge is -2.21. The van der Waals surface area contributed by atoms with Crippen LogP contribution in [0.5, 0.6) is 5.75 Å². The maximum atomic E-state index is 11.1. The van der Waals surface area contributed by atoms with Crippen LogP contribution >= 0.6 is 0 Å². The topological polar surface area (TPSA) is 35.5 Å². The number of benzene rings is 1. The van der Waals surface area contributed by atoms with Crippen molar-refractivity contribution < 1.29 is 14.3 Å². The standard InChI is InChI=1S/C17H22O3/c1-19-16-11-6-9-14-13(8-5-10-15(14)16)7-3-4-12-17(18)20-2/h6-7,9,11H,3-5,8,10,12H2,1-2H3/b13-7+. The van der Waals surface area contributed by atoms with E-state index in [0.29, 0.717) is 6.42 Å². The fourth-order valence-corrected chi connectivity index (χ4v) is 2.74. The molecule has 3 nitrogen and oxygen atoms in total. The Hall–Kier alpha value is -1.77. The lowest BCUT2D eigenvalue weighted by Crippen LogP contribution is -2.04. The van der Waals surface area contributed by atoms with Crippen molar-refractivity contribution >= 4 is 11.5 Å². The van der Waals surface area contributed by atoms with E-state index in [0.717, 1.165) is 37.9 Å². The van der Waals surface area contributed by atoms with Gasteiger partial charge in [-0.1, -0.05) is 18.2 Å². The summed E-state index contributed by atoms with van der Waals surface area (Å²) in [4.78, 5) is 11.1. The number of carbonyl (C=O) groups excluding carboxylic acids is 1. The number of rotatable bonds is 5. The second-order valence-electron chi connectivity index (χ2n) is 5.04. The number of ether oxygens (including phenoxy) is 2. The Morgan fingerprint density at radius 1 is 1.30 bits per heavy atom. The first-order valence-corrected chi connectivity index (χ1v) is 7.18. The van der Waals surface area contributed by atoms with Gasteiger partial charge < -0.3 is 9.47 Å². The lowest BCUT2D eigenvalue weighted by molar-refractivity contribution is -0.140. The van der Waals surface area contributed by atoms with E-state index in [1.807, 2.05) is 12.1 Å². The van der Waals surface area contributed by atoms with Crippen molar-refractivity contribution in [1.29, 1.82) is 0 Å². The van der Waals surface area contributed by atoms with Crippen LogP contribution in [0, 0.1) is 0 Å². The van der Waals surface area contributed by atoms with Crippen LogP contribution in [0.1, 0.15) is 43.2 Å². The summed E-state index contributed by atoms with van der Waals surface area (Å²) in [5.74, 6) is 0.858. The molecule has 0 unspecified atom stereocenters. The molecule has 0 fully saturated rings. The number of hydrogen-bond acceptors (Lipinski definition) is 3. The van der Waals surface area contributed by atoms with Gasteiger partial charge in [0, 0.05) is 12.0 Å². The molecule has 0 bridgehead atoms. The Morgan fingerprint density at radius 2 is 2.15 bits per heavy atom. The average molecular weight is 274 g/mol. The molecule has 1 aromatic carbocycles. The predicted molar refractivity (Wildman–Crippen MR) is 79.8 cm³/mol. The van der Waals surface area contributed by atoms with Crippen LogP contribution in [0.4, 0.5) is 0 Å². The third-order valence-electron chi connectivity index (χ3n) is 3.78. The molecule has 0 aliphatic heterocycles. The highest BCUT2D eigenvalue weighted by atomic mass is 16.5. The van der Waals surface area contributed by atoms with Gasteiger partial charge in [0.15, 0.2) is 0 Å². The fraction of sp³-hybridized carbons (Fsp3) is 0.471. The average Bonchev–Trinajstić information content (AvgIpc) is 2.50. The summed E-state index contributed by atoms with van der Waals surface area (Å²) in [6.45, 7) is 0. The molecule has 1 aliphatic carbocycles. The Labute approximate surface area is 120 Å². The van der Waals surface area contributed by atoms with E-state index >= 15 is 0 Å². The van der Waals surface area contributed by atoms with E-state index in [9.17, 15) is 4.79 Å². The van der Waals surface area contributed by atoms with Gasteiger partial charge in [0.25, 0.3) is 0 Å². The number of fused-ring (bicyclic) bond motifs is 1. The molecule has 0 atom stereocenters. The summed E-state index contributed by atoms with van der Waals surface area (Å²) in [6, 6.07) is 6.24. The smallest absolute Gasteiger partial charge is 0.305 e. The quantitative estimate of drug-likeness (QED) is 0.606.